The summed E-state index contributed by atoms with van der Waals surface area (Å²) in [5.74, 6) is 0.0707. The van der Waals surface area contributed by atoms with Gasteiger partial charge >= 0.3 is 0 Å². The minimum absolute atomic E-state index is 0.0554. The van der Waals surface area contributed by atoms with Crippen LogP contribution in [0.25, 0.3) is 6.08 Å². The number of rotatable bonds is 7. The number of hydrogen-bond donors (Lipinski definition) is 1. The number of aromatic hydroxyl groups is 1. The number of phenols is 1. The highest BCUT2D eigenvalue weighted by molar-refractivity contribution is 8.18. The van der Waals surface area contributed by atoms with Gasteiger partial charge in [0.15, 0.2) is 0 Å². The minimum Gasteiger partial charge on any atom is -0.507 e. The highest BCUT2D eigenvalue weighted by Gasteiger charge is 2.35. The summed E-state index contributed by atoms with van der Waals surface area (Å²) in [4.78, 5) is 26.5. The fourth-order valence-electron chi connectivity index (χ4n) is 3.10. The van der Waals surface area contributed by atoms with Crippen LogP contribution in [0.5, 0.6) is 11.5 Å². The van der Waals surface area contributed by atoms with E-state index in [9.17, 15) is 14.7 Å². The van der Waals surface area contributed by atoms with Gasteiger partial charge in [-0.05, 0) is 84.9 Å². The maximum atomic E-state index is 12.8. The summed E-state index contributed by atoms with van der Waals surface area (Å²) < 4.78 is 5.58. The van der Waals surface area contributed by atoms with Gasteiger partial charge in [-0.3, -0.25) is 14.5 Å². The monoisotopic (exact) mass is 527 g/mol. The molecule has 1 aliphatic heterocycles. The molecule has 7 nitrogen and oxygen atoms in total. The average Bonchev–Trinajstić information content (AvgIpc) is 3.10. The topological polar surface area (TPSA) is 91.6 Å². The van der Waals surface area contributed by atoms with Gasteiger partial charge < -0.3 is 9.84 Å². The second-order valence-electron chi connectivity index (χ2n) is 7.51. The first-order chi connectivity index (χ1) is 16.8. The van der Waals surface area contributed by atoms with Gasteiger partial charge in [0.25, 0.3) is 11.1 Å². The van der Waals surface area contributed by atoms with Gasteiger partial charge in [-0.1, -0.05) is 29.3 Å². The molecule has 3 aromatic carbocycles. The third kappa shape index (κ3) is 6.22. The molecule has 0 bridgehead atoms. The zero-order valence-corrected chi connectivity index (χ0v) is 20.8. The van der Waals surface area contributed by atoms with E-state index in [1.165, 1.54) is 12.1 Å². The van der Waals surface area contributed by atoms with Crippen LogP contribution in [0.3, 0.4) is 0 Å². The van der Waals surface area contributed by atoms with Crippen molar-refractivity contribution in [3.63, 3.8) is 0 Å². The van der Waals surface area contributed by atoms with Crippen molar-refractivity contribution in [1.82, 2.24) is 4.90 Å². The fraction of sp³-hybridized carbons (Fsp3) is 0.120. The van der Waals surface area contributed by atoms with Crippen molar-refractivity contribution in [2.24, 2.45) is 10.2 Å². The third-order valence-corrected chi connectivity index (χ3v) is 6.57. The molecule has 4 rings (SSSR count). The lowest BCUT2D eigenvalue weighted by Gasteiger charge is -2.13. The van der Waals surface area contributed by atoms with Crippen LogP contribution in [-0.4, -0.2) is 34.3 Å². The van der Waals surface area contributed by atoms with E-state index in [1.807, 2.05) is 13.0 Å². The first-order valence-corrected chi connectivity index (χ1v) is 12.0. The molecule has 0 aromatic heterocycles. The molecule has 3 aromatic rings. The Morgan fingerprint density at radius 3 is 2.40 bits per heavy atom. The normalized spacial score (nSPS) is 14.9. The molecular formula is C25H19Cl2N3O4S. The molecule has 0 spiro atoms. The number of ether oxygens (including phenoxy) is 1. The maximum absolute atomic E-state index is 12.8. The largest absolute Gasteiger partial charge is 0.507 e. The molecule has 178 valence electrons. The van der Waals surface area contributed by atoms with Gasteiger partial charge in [0.1, 0.15) is 18.1 Å². The number of carbonyl (C=O) groups is 2. The lowest BCUT2D eigenvalue weighted by Crippen LogP contribution is -2.32. The number of imide groups is 1. The van der Waals surface area contributed by atoms with Crippen LogP contribution in [0, 0.1) is 6.92 Å². The van der Waals surface area contributed by atoms with Crippen molar-refractivity contribution in [1.29, 1.82) is 0 Å². The number of phenolic OH excluding ortho intramolecular Hbond substituents is 1. The third-order valence-electron chi connectivity index (χ3n) is 5.00. The first-order valence-electron chi connectivity index (χ1n) is 10.4. The summed E-state index contributed by atoms with van der Waals surface area (Å²) in [7, 11) is 0. The Morgan fingerprint density at radius 1 is 1.00 bits per heavy atom. The van der Waals surface area contributed by atoms with E-state index in [2.05, 4.69) is 10.2 Å². The second kappa shape index (κ2) is 10.9. The predicted molar refractivity (Wildman–Crippen MR) is 138 cm³/mol. The summed E-state index contributed by atoms with van der Waals surface area (Å²) in [5, 5.41) is 19.4. The molecule has 2 amide bonds. The summed E-state index contributed by atoms with van der Waals surface area (Å²) >= 11 is 12.8. The van der Waals surface area contributed by atoms with E-state index in [-0.39, 0.29) is 23.8 Å². The molecule has 0 atom stereocenters. The van der Waals surface area contributed by atoms with Gasteiger partial charge in [-0.15, -0.1) is 0 Å². The predicted octanol–water partition coefficient (Wildman–Crippen LogP) is 7.54. The molecule has 10 heteroatoms. The standard InChI is InChI=1S/C25H19Cl2N3O4S/c1-15-2-5-19(14-21(15)27)29-28-18-6-9-22(31)16(12-18)13-23-24(32)30(25(33)35-23)10-11-34-20-7-3-17(26)4-8-20/h2-9,12-14,31H,10-11H2,1H3/b23-13-,29-28?. The number of thioether (sulfide) groups is 1. The molecule has 1 saturated heterocycles. The lowest BCUT2D eigenvalue weighted by molar-refractivity contribution is -0.123. The molecule has 0 saturated carbocycles. The number of azo groups is 1. The van der Waals surface area contributed by atoms with Gasteiger partial charge in [-0.25, -0.2) is 0 Å². The van der Waals surface area contributed by atoms with E-state index >= 15 is 0 Å². The fourth-order valence-corrected chi connectivity index (χ4v) is 4.26. The number of aryl methyl sites for hydroxylation is 1. The number of nitrogens with zero attached hydrogens (tertiary/aromatic N) is 3. The van der Waals surface area contributed by atoms with Crippen LogP contribution in [0.15, 0.2) is 75.8 Å². The first kappa shape index (κ1) is 24.8. The van der Waals surface area contributed by atoms with Crippen LogP contribution in [0.1, 0.15) is 11.1 Å². The van der Waals surface area contributed by atoms with Crippen molar-refractivity contribution >= 4 is 63.6 Å². The van der Waals surface area contributed by atoms with Gasteiger partial charge in [-0.2, -0.15) is 10.2 Å². The maximum Gasteiger partial charge on any atom is 0.293 e. The Kier molecular flexibility index (Phi) is 7.75. The van der Waals surface area contributed by atoms with Crippen LogP contribution in [0.2, 0.25) is 10.0 Å². The number of benzene rings is 3. The van der Waals surface area contributed by atoms with E-state index in [1.54, 1.807) is 48.5 Å². The van der Waals surface area contributed by atoms with E-state index < -0.39 is 11.1 Å². The summed E-state index contributed by atoms with van der Waals surface area (Å²) in [6.45, 7) is 2.12. The smallest absolute Gasteiger partial charge is 0.293 e. The van der Waals surface area contributed by atoms with Crippen LogP contribution in [0.4, 0.5) is 16.2 Å². The Morgan fingerprint density at radius 2 is 1.69 bits per heavy atom. The number of halogens is 2. The van der Waals surface area contributed by atoms with Gasteiger partial charge in [0.05, 0.1) is 22.8 Å². The Labute approximate surface area is 216 Å². The Hall–Kier alpha value is -3.33. The van der Waals surface area contributed by atoms with Crippen LogP contribution in [-0.2, 0) is 4.79 Å². The van der Waals surface area contributed by atoms with Gasteiger partial charge in [0, 0.05) is 15.6 Å². The molecule has 1 N–H and O–H groups in total. The molecule has 1 fully saturated rings. The summed E-state index contributed by atoms with van der Waals surface area (Å²) in [6.07, 6.45) is 1.46. The molecule has 0 radical (unpaired) electrons. The van der Waals surface area contributed by atoms with E-state index in [0.29, 0.717) is 32.7 Å². The van der Waals surface area contributed by atoms with Crippen molar-refractivity contribution in [2.75, 3.05) is 13.2 Å². The molecular weight excluding hydrogens is 509 g/mol. The van der Waals surface area contributed by atoms with Crippen molar-refractivity contribution in [2.45, 2.75) is 6.92 Å². The average molecular weight is 528 g/mol. The van der Waals surface area contributed by atoms with Crippen molar-refractivity contribution < 1.29 is 19.4 Å². The highest BCUT2D eigenvalue weighted by Crippen LogP contribution is 2.35. The molecule has 1 heterocycles. The number of carbonyl (C=O) groups excluding carboxylic acids is 2. The molecule has 1 aliphatic rings. The Bertz CT molecular complexity index is 1340. The summed E-state index contributed by atoms with van der Waals surface area (Å²) in [6, 6.07) is 16.7. The number of amides is 2. The quantitative estimate of drug-likeness (QED) is 0.253. The van der Waals surface area contributed by atoms with Crippen LogP contribution >= 0.6 is 35.0 Å². The Balaban J connectivity index is 1.45. The zero-order valence-electron chi connectivity index (χ0n) is 18.4. The molecule has 0 unspecified atom stereocenters. The van der Waals surface area contributed by atoms with E-state index in [4.69, 9.17) is 27.9 Å². The van der Waals surface area contributed by atoms with E-state index in [0.717, 1.165) is 22.2 Å². The van der Waals surface area contributed by atoms with Crippen LogP contribution < -0.4 is 4.74 Å². The van der Waals surface area contributed by atoms with Crippen molar-refractivity contribution in [3.8, 4) is 11.5 Å². The molecule has 0 aliphatic carbocycles. The SMILES string of the molecule is Cc1ccc(N=Nc2ccc(O)c(/C=C3\SC(=O)N(CCOc4ccc(Cl)cc4)C3=O)c2)cc1Cl. The second-order valence-corrected chi connectivity index (χ2v) is 9.35. The van der Waals surface area contributed by atoms with Crippen molar-refractivity contribution in [3.05, 3.63) is 86.7 Å². The highest BCUT2D eigenvalue weighted by atomic mass is 35.5. The minimum atomic E-state index is -0.458. The zero-order chi connectivity index (χ0) is 24.9. The summed E-state index contributed by atoms with van der Waals surface area (Å²) in [5.41, 5.74) is 2.31. The lowest BCUT2D eigenvalue weighted by atomic mass is 10.1. The number of hydrogen-bond acceptors (Lipinski definition) is 7. The molecule has 35 heavy (non-hydrogen) atoms. The van der Waals surface area contributed by atoms with Gasteiger partial charge in [0.2, 0.25) is 0 Å².